The zero-order valence-corrected chi connectivity index (χ0v) is 24.7. The van der Waals surface area contributed by atoms with Gasteiger partial charge in [-0.25, -0.2) is 19.2 Å². The molecule has 41 heavy (non-hydrogen) atoms. The van der Waals surface area contributed by atoms with E-state index in [4.69, 9.17) is 16.3 Å². The first-order chi connectivity index (χ1) is 19.7. The highest BCUT2D eigenvalue weighted by Gasteiger charge is 2.27. The number of benzene rings is 2. The van der Waals surface area contributed by atoms with Crippen molar-refractivity contribution in [2.75, 3.05) is 31.6 Å². The van der Waals surface area contributed by atoms with Crippen LogP contribution in [0.15, 0.2) is 48.8 Å². The SMILES string of the molecule is COC(=O)c1cccc(N(Cc2cc(Cl)ccc2F)C2CCN(CCC(C)NC(=O)c3c(C)ncnc3C)CC2)c1. The highest BCUT2D eigenvalue weighted by atomic mass is 35.5. The van der Waals surface area contributed by atoms with Crippen molar-refractivity contribution in [1.29, 1.82) is 0 Å². The Balaban J connectivity index is 1.40. The van der Waals surface area contributed by atoms with Crippen molar-refractivity contribution < 1.29 is 18.7 Å². The minimum atomic E-state index is -0.415. The molecule has 0 saturated carbocycles. The lowest BCUT2D eigenvalue weighted by Crippen LogP contribution is -2.46. The second-order valence-electron chi connectivity index (χ2n) is 10.6. The summed E-state index contributed by atoms with van der Waals surface area (Å²) < 4.78 is 19.7. The molecule has 1 aliphatic rings. The van der Waals surface area contributed by atoms with E-state index >= 15 is 0 Å². The van der Waals surface area contributed by atoms with Crippen LogP contribution in [0.4, 0.5) is 10.1 Å². The molecular weight excluding hydrogens is 545 g/mol. The van der Waals surface area contributed by atoms with Gasteiger partial charge in [0.05, 0.1) is 29.6 Å². The number of anilines is 1. The number of hydrogen-bond acceptors (Lipinski definition) is 7. The molecule has 0 spiro atoms. The number of likely N-dealkylation sites (tertiary alicyclic amines) is 1. The van der Waals surface area contributed by atoms with E-state index < -0.39 is 5.97 Å². The summed E-state index contributed by atoms with van der Waals surface area (Å²) >= 11 is 6.19. The number of nitrogens with zero attached hydrogens (tertiary/aromatic N) is 4. The number of esters is 1. The van der Waals surface area contributed by atoms with E-state index in [1.807, 2.05) is 32.9 Å². The number of nitrogens with one attached hydrogen (secondary N) is 1. The number of halogens is 2. The van der Waals surface area contributed by atoms with Gasteiger partial charge >= 0.3 is 5.97 Å². The number of hydrogen-bond donors (Lipinski definition) is 1. The summed E-state index contributed by atoms with van der Waals surface area (Å²) in [5.41, 5.74) is 3.65. The molecule has 10 heteroatoms. The van der Waals surface area contributed by atoms with E-state index in [0.29, 0.717) is 39.6 Å². The number of rotatable bonds is 10. The van der Waals surface area contributed by atoms with Gasteiger partial charge in [0, 0.05) is 54.5 Å². The maximum Gasteiger partial charge on any atom is 0.337 e. The predicted octanol–water partition coefficient (Wildman–Crippen LogP) is 5.35. The zero-order valence-electron chi connectivity index (χ0n) is 24.0. The van der Waals surface area contributed by atoms with Gasteiger partial charge in [0.1, 0.15) is 12.1 Å². The largest absolute Gasteiger partial charge is 0.465 e. The monoisotopic (exact) mass is 581 g/mol. The first kappa shape index (κ1) is 30.4. The highest BCUT2D eigenvalue weighted by Crippen LogP contribution is 2.29. The number of piperidine rings is 1. The molecule has 1 fully saturated rings. The van der Waals surface area contributed by atoms with Gasteiger partial charge in [-0.2, -0.15) is 0 Å². The van der Waals surface area contributed by atoms with Crippen LogP contribution in [0.2, 0.25) is 5.02 Å². The van der Waals surface area contributed by atoms with Crippen molar-refractivity contribution in [3.8, 4) is 0 Å². The number of carbonyl (C=O) groups is 2. The number of carbonyl (C=O) groups excluding carboxylic acids is 2. The molecule has 1 atom stereocenters. The van der Waals surface area contributed by atoms with E-state index in [1.54, 1.807) is 24.3 Å². The van der Waals surface area contributed by atoms with Crippen LogP contribution in [0.5, 0.6) is 0 Å². The fraction of sp³-hybridized carbons (Fsp3) is 0.419. The minimum Gasteiger partial charge on any atom is -0.465 e. The van der Waals surface area contributed by atoms with Crippen LogP contribution in [0.1, 0.15) is 63.9 Å². The van der Waals surface area contributed by atoms with Crippen molar-refractivity contribution in [3.05, 3.63) is 87.7 Å². The summed E-state index contributed by atoms with van der Waals surface area (Å²) in [6.07, 6.45) is 4.01. The van der Waals surface area contributed by atoms with Crippen LogP contribution in [-0.4, -0.2) is 65.6 Å². The molecule has 1 aromatic heterocycles. The first-order valence-electron chi connectivity index (χ1n) is 13.9. The van der Waals surface area contributed by atoms with Crippen molar-refractivity contribution >= 4 is 29.2 Å². The van der Waals surface area contributed by atoms with E-state index in [9.17, 15) is 14.0 Å². The molecule has 0 bridgehead atoms. The van der Waals surface area contributed by atoms with Crippen LogP contribution in [0.3, 0.4) is 0 Å². The Bertz CT molecular complexity index is 1360. The molecule has 2 heterocycles. The van der Waals surface area contributed by atoms with Gasteiger partial charge in [-0.05, 0) is 76.4 Å². The minimum absolute atomic E-state index is 0.0115. The normalized spacial score (nSPS) is 14.9. The lowest BCUT2D eigenvalue weighted by Gasteiger charge is -2.40. The second kappa shape index (κ2) is 13.9. The maximum absolute atomic E-state index is 14.8. The summed E-state index contributed by atoms with van der Waals surface area (Å²) in [5, 5.41) is 3.56. The van der Waals surface area contributed by atoms with Crippen LogP contribution in [-0.2, 0) is 11.3 Å². The fourth-order valence-corrected chi connectivity index (χ4v) is 5.52. The maximum atomic E-state index is 14.8. The highest BCUT2D eigenvalue weighted by molar-refractivity contribution is 6.30. The Morgan fingerprint density at radius 2 is 1.85 bits per heavy atom. The standard InChI is InChI=1S/C31H37ClFN5O3/c1-20(36-30(39)29-21(2)34-19-35-22(29)3)10-13-37-14-11-26(12-15-37)38(18-24-16-25(32)8-9-28(24)33)27-7-5-6-23(17-27)31(40)41-4/h5-9,16-17,19-20,26H,10-15,18H2,1-4H3,(H,36,39). The van der Waals surface area contributed by atoms with Gasteiger partial charge in [0.15, 0.2) is 0 Å². The fourth-order valence-electron chi connectivity index (χ4n) is 5.33. The van der Waals surface area contributed by atoms with Crippen molar-refractivity contribution in [1.82, 2.24) is 20.2 Å². The Morgan fingerprint density at radius 3 is 2.54 bits per heavy atom. The third kappa shape index (κ3) is 7.80. The van der Waals surface area contributed by atoms with Gasteiger partial charge in [-0.1, -0.05) is 17.7 Å². The molecule has 1 saturated heterocycles. The molecule has 1 amide bonds. The molecule has 1 aliphatic heterocycles. The number of aromatic nitrogens is 2. The molecule has 1 unspecified atom stereocenters. The molecule has 4 rings (SSSR count). The summed E-state index contributed by atoms with van der Waals surface area (Å²) in [6.45, 7) is 8.53. The third-order valence-electron chi connectivity index (χ3n) is 7.65. The van der Waals surface area contributed by atoms with Crippen molar-refractivity contribution in [3.63, 3.8) is 0 Å². The van der Waals surface area contributed by atoms with Crippen LogP contribution >= 0.6 is 11.6 Å². The van der Waals surface area contributed by atoms with E-state index in [0.717, 1.165) is 44.6 Å². The lowest BCUT2D eigenvalue weighted by atomic mass is 10.00. The first-order valence-corrected chi connectivity index (χ1v) is 14.2. The smallest absolute Gasteiger partial charge is 0.337 e. The Hall–Kier alpha value is -3.56. The number of ether oxygens (including phenoxy) is 1. The average Bonchev–Trinajstić information content (AvgIpc) is 2.96. The van der Waals surface area contributed by atoms with E-state index in [1.165, 1.54) is 19.5 Å². The molecule has 3 aromatic rings. The summed E-state index contributed by atoms with van der Waals surface area (Å²) in [6, 6.07) is 12.0. The third-order valence-corrected chi connectivity index (χ3v) is 7.89. The summed E-state index contributed by atoms with van der Waals surface area (Å²) in [5.74, 6) is -0.879. The van der Waals surface area contributed by atoms with Crippen molar-refractivity contribution in [2.24, 2.45) is 0 Å². The average molecular weight is 582 g/mol. The Morgan fingerprint density at radius 1 is 1.15 bits per heavy atom. The number of methoxy groups -OCH3 is 1. The Labute approximate surface area is 245 Å². The molecule has 2 aromatic carbocycles. The molecule has 1 N–H and O–H groups in total. The molecule has 0 aliphatic carbocycles. The molecule has 218 valence electrons. The van der Waals surface area contributed by atoms with Gasteiger partial charge in [0.25, 0.3) is 5.91 Å². The van der Waals surface area contributed by atoms with Gasteiger partial charge < -0.3 is 19.9 Å². The second-order valence-corrected chi connectivity index (χ2v) is 11.0. The predicted molar refractivity (Wildman–Crippen MR) is 158 cm³/mol. The summed E-state index contributed by atoms with van der Waals surface area (Å²) in [7, 11) is 1.36. The molecule has 8 nitrogen and oxygen atoms in total. The van der Waals surface area contributed by atoms with Crippen LogP contribution in [0.25, 0.3) is 0 Å². The van der Waals surface area contributed by atoms with Crippen LogP contribution in [0, 0.1) is 19.7 Å². The topological polar surface area (TPSA) is 87.7 Å². The molecule has 0 radical (unpaired) electrons. The van der Waals surface area contributed by atoms with Gasteiger partial charge in [-0.3, -0.25) is 4.79 Å². The number of amides is 1. The quantitative estimate of drug-likeness (QED) is 0.323. The van der Waals surface area contributed by atoms with E-state index in [2.05, 4.69) is 25.1 Å². The van der Waals surface area contributed by atoms with E-state index in [-0.39, 0.29) is 23.8 Å². The van der Waals surface area contributed by atoms with Crippen molar-refractivity contribution in [2.45, 2.75) is 58.7 Å². The molecular formula is C31H37ClFN5O3. The van der Waals surface area contributed by atoms with Crippen LogP contribution < -0.4 is 10.2 Å². The zero-order chi connectivity index (χ0) is 29.5. The van der Waals surface area contributed by atoms with Gasteiger partial charge in [-0.15, -0.1) is 0 Å². The Kier molecular flexibility index (Phi) is 10.3. The van der Waals surface area contributed by atoms with Gasteiger partial charge in [0.2, 0.25) is 0 Å². The number of aryl methyl sites for hydroxylation is 2. The lowest BCUT2D eigenvalue weighted by molar-refractivity contribution is 0.0600. The summed E-state index contributed by atoms with van der Waals surface area (Å²) in [4.78, 5) is 37.9.